The molecular formula is C28H32AsFN2O3. The van der Waals surface area contributed by atoms with E-state index in [0.717, 1.165) is 43.2 Å². The van der Waals surface area contributed by atoms with Gasteiger partial charge in [-0.3, -0.25) is 0 Å². The molecule has 7 heteroatoms. The van der Waals surface area contributed by atoms with Crippen LogP contribution in [0.3, 0.4) is 0 Å². The molecule has 1 heterocycles. The molecule has 184 valence electrons. The molecule has 2 atom stereocenters. The van der Waals surface area contributed by atoms with Gasteiger partial charge in [0.05, 0.1) is 0 Å². The molecule has 1 amide bonds. The van der Waals surface area contributed by atoms with Crippen molar-refractivity contribution < 1.29 is 19.0 Å². The first kappa shape index (κ1) is 25.4. The molecule has 35 heavy (non-hydrogen) atoms. The number of nitrogens with one attached hydrogen (secondary N) is 1. The minimum absolute atomic E-state index is 0.194. The van der Waals surface area contributed by atoms with Crippen LogP contribution in [0.25, 0.3) is 0 Å². The number of para-hydroxylation sites is 2. The molecule has 3 aromatic rings. The third-order valence-electron chi connectivity index (χ3n) is 6.15. The molecule has 3 aromatic carbocycles. The summed E-state index contributed by atoms with van der Waals surface area (Å²) in [4.78, 5) is 14.9. The van der Waals surface area contributed by atoms with E-state index in [9.17, 15) is 14.3 Å². The van der Waals surface area contributed by atoms with Crippen LogP contribution in [0.4, 0.5) is 10.1 Å². The van der Waals surface area contributed by atoms with Gasteiger partial charge in [0, 0.05) is 0 Å². The number of piperidine rings is 1. The predicted molar refractivity (Wildman–Crippen MR) is 139 cm³/mol. The van der Waals surface area contributed by atoms with Gasteiger partial charge >= 0.3 is 213 Å². The average molecular weight is 538 g/mol. The van der Waals surface area contributed by atoms with Crippen LogP contribution in [0.2, 0.25) is 9.91 Å². The molecule has 2 N–H and O–H groups in total. The van der Waals surface area contributed by atoms with E-state index in [4.69, 9.17) is 4.74 Å². The summed E-state index contributed by atoms with van der Waals surface area (Å²) in [6.45, 7) is 3.17. The molecule has 1 saturated heterocycles. The fraction of sp³-hybridized carbons (Fsp3) is 0.321. The van der Waals surface area contributed by atoms with Crippen LogP contribution in [0.15, 0.2) is 78.9 Å². The Bertz CT molecular complexity index is 1070. The van der Waals surface area contributed by atoms with Gasteiger partial charge in [-0.1, -0.05) is 0 Å². The van der Waals surface area contributed by atoms with Crippen molar-refractivity contribution in [3.8, 4) is 5.75 Å². The van der Waals surface area contributed by atoms with Crippen molar-refractivity contribution in [2.75, 3.05) is 25.0 Å². The van der Waals surface area contributed by atoms with E-state index in [1.807, 2.05) is 42.5 Å². The van der Waals surface area contributed by atoms with Crippen molar-refractivity contribution in [2.45, 2.75) is 35.4 Å². The van der Waals surface area contributed by atoms with E-state index in [1.54, 1.807) is 24.3 Å². The van der Waals surface area contributed by atoms with E-state index < -0.39 is 6.10 Å². The van der Waals surface area contributed by atoms with E-state index >= 15 is 0 Å². The van der Waals surface area contributed by atoms with Gasteiger partial charge in [-0.25, -0.2) is 0 Å². The Hall–Kier alpha value is -2.66. The summed E-state index contributed by atoms with van der Waals surface area (Å²) >= 11 is -0.281. The number of carbonyl (C=O) groups is 1. The summed E-state index contributed by atoms with van der Waals surface area (Å²) in [5.41, 5.74) is 2.32. The van der Waals surface area contributed by atoms with Gasteiger partial charge in [0.15, 0.2) is 0 Å². The zero-order valence-electron chi connectivity index (χ0n) is 19.7. The predicted octanol–water partition coefficient (Wildman–Crippen LogP) is 4.76. The summed E-state index contributed by atoms with van der Waals surface area (Å²) in [6.07, 6.45) is 1.80. The number of halogens is 1. The molecule has 1 fully saturated rings. The number of nitrogens with zero attached hydrogens (tertiary/aromatic N) is 1. The number of hydrogen-bond acceptors (Lipinski definition) is 4. The van der Waals surface area contributed by atoms with Crippen LogP contribution in [-0.2, 0) is 6.54 Å². The van der Waals surface area contributed by atoms with Crippen LogP contribution in [0, 0.1) is 5.82 Å². The van der Waals surface area contributed by atoms with E-state index in [-0.39, 0.29) is 34.1 Å². The number of carbonyl (C=O) groups excluding carboxylic acids is 1. The maximum atomic E-state index is 13.1. The summed E-state index contributed by atoms with van der Waals surface area (Å²) in [6, 6.07) is 23.1. The van der Waals surface area contributed by atoms with Crippen molar-refractivity contribution in [2.24, 2.45) is 0 Å². The second-order valence-corrected chi connectivity index (χ2v) is 12.3. The number of hydrogen-bond donors (Lipinski definition) is 2. The summed E-state index contributed by atoms with van der Waals surface area (Å²) in [5, 5.41) is 14.2. The molecule has 2 unspecified atom stereocenters. The number of rotatable bonds is 10. The molecule has 1 aliphatic rings. The van der Waals surface area contributed by atoms with E-state index in [1.165, 1.54) is 12.1 Å². The Labute approximate surface area is 213 Å². The molecule has 0 aliphatic carbocycles. The normalized spacial score (nSPS) is 15.8. The molecule has 5 nitrogen and oxygen atoms in total. The zero-order chi connectivity index (χ0) is 24.5. The summed E-state index contributed by atoms with van der Waals surface area (Å²) in [7, 11) is 0. The number of amides is 1. The molecular weight excluding hydrogens is 506 g/mol. The number of likely N-dealkylation sites (tertiary alicyclic amines) is 1. The quantitative estimate of drug-likeness (QED) is 0.366. The second-order valence-electron chi connectivity index (χ2n) is 8.87. The van der Waals surface area contributed by atoms with Gasteiger partial charge in [-0.05, 0) is 0 Å². The monoisotopic (exact) mass is 538 g/mol. The first-order valence-corrected chi connectivity index (χ1v) is 14.7. The Balaban J connectivity index is 1.18. The standard InChI is InChI=1S/C28H32AsFN2O3/c30-24-12-10-21(11-13-24)19-32-16-14-23(15-17-32)29-18-25(33)20-35-27-9-5-4-8-26(27)31-28(34)22-6-2-1-3-7-22/h1-13,23,25,29,33H,14-20H2,(H,31,34). The Morgan fingerprint density at radius 3 is 2.46 bits per heavy atom. The van der Waals surface area contributed by atoms with Gasteiger partial charge in [0.25, 0.3) is 0 Å². The van der Waals surface area contributed by atoms with Gasteiger partial charge in [0.2, 0.25) is 0 Å². The molecule has 4 rings (SSSR count). The minimum atomic E-state index is -0.509. The number of benzene rings is 3. The van der Waals surface area contributed by atoms with Gasteiger partial charge in [0.1, 0.15) is 0 Å². The number of aliphatic hydroxyl groups is 1. The number of aliphatic hydroxyl groups excluding tert-OH is 1. The van der Waals surface area contributed by atoms with Gasteiger partial charge in [-0.15, -0.1) is 0 Å². The molecule has 1 aliphatic heterocycles. The van der Waals surface area contributed by atoms with E-state index in [0.29, 0.717) is 21.7 Å². The average Bonchev–Trinajstić information content (AvgIpc) is 2.89. The third kappa shape index (κ3) is 7.93. The topological polar surface area (TPSA) is 61.8 Å². The maximum absolute atomic E-state index is 13.1. The SMILES string of the molecule is O=C(Nc1ccccc1OCC(O)C[AsH]C1CCN(Cc2ccc(F)cc2)CC1)c1ccccc1. The summed E-state index contributed by atoms with van der Waals surface area (Å²) in [5.74, 6) is 0.172. The second kappa shape index (κ2) is 12.9. The third-order valence-corrected chi connectivity index (χ3v) is 10.1. The van der Waals surface area contributed by atoms with E-state index in [2.05, 4.69) is 10.2 Å². The first-order valence-electron chi connectivity index (χ1n) is 12.0. The Kier molecular flexibility index (Phi) is 9.35. The summed E-state index contributed by atoms with van der Waals surface area (Å²) < 4.78 is 19.7. The zero-order valence-corrected chi connectivity index (χ0v) is 21.8. The van der Waals surface area contributed by atoms with Crippen LogP contribution >= 0.6 is 0 Å². The van der Waals surface area contributed by atoms with Crippen molar-refractivity contribution >= 4 is 27.3 Å². The Morgan fingerprint density at radius 2 is 1.71 bits per heavy atom. The van der Waals surface area contributed by atoms with Crippen LogP contribution in [-0.4, -0.2) is 57.5 Å². The van der Waals surface area contributed by atoms with Gasteiger partial charge < -0.3 is 0 Å². The molecule has 0 bridgehead atoms. The van der Waals surface area contributed by atoms with Crippen molar-refractivity contribution in [3.05, 3.63) is 95.8 Å². The molecule has 0 saturated carbocycles. The van der Waals surface area contributed by atoms with Gasteiger partial charge in [-0.2, -0.15) is 0 Å². The number of ether oxygens (including phenoxy) is 1. The Morgan fingerprint density at radius 1 is 1.03 bits per heavy atom. The van der Waals surface area contributed by atoms with Crippen LogP contribution in [0.1, 0.15) is 28.8 Å². The van der Waals surface area contributed by atoms with Crippen molar-refractivity contribution in [1.82, 2.24) is 4.90 Å². The van der Waals surface area contributed by atoms with Crippen molar-refractivity contribution in [1.29, 1.82) is 0 Å². The molecule has 0 spiro atoms. The first-order chi connectivity index (χ1) is 17.1. The fourth-order valence-electron chi connectivity index (χ4n) is 4.17. The number of anilines is 1. The van der Waals surface area contributed by atoms with Crippen molar-refractivity contribution in [3.63, 3.8) is 0 Å². The molecule has 0 aromatic heterocycles. The van der Waals surface area contributed by atoms with Crippen LogP contribution in [0.5, 0.6) is 5.75 Å². The fourth-order valence-corrected chi connectivity index (χ4v) is 7.09. The molecule has 0 radical (unpaired) electrons. The van der Waals surface area contributed by atoms with Crippen LogP contribution < -0.4 is 10.1 Å².